The number of carbonyl (C=O) groups is 1. The fourth-order valence-corrected chi connectivity index (χ4v) is 1.46. The van der Waals surface area contributed by atoms with Crippen LogP contribution in [-0.4, -0.2) is 21.6 Å². The van der Waals surface area contributed by atoms with Crippen molar-refractivity contribution >= 4 is 23.0 Å². The monoisotopic (exact) mass is 291 g/mol. The van der Waals surface area contributed by atoms with Crippen LogP contribution in [0.2, 0.25) is 0 Å². The molecule has 0 spiro atoms. The summed E-state index contributed by atoms with van der Waals surface area (Å²) in [5.74, 6) is -0.306. The standard InChI is InChI=1S/C14H9N7O/c15-5-12(6-16)21-20-11-3-1-10(2-4-11)14(22)19-13-7-17-9-18-8-13/h1-4,7-9,20H,(H,19,22). The van der Waals surface area contributed by atoms with Crippen molar-refractivity contribution in [3.05, 3.63) is 48.5 Å². The molecule has 0 aliphatic carbocycles. The molecule has 2 aromatic rings. The van der Waals surface area contributed by atoms with Crippen LogP contribution in [0.3, 0.4) is 0 Å². The van der Waals surface area contributed by atoms with Gasteiger partial charge in [-0.25, -0.2) is 9.97 Å². The normalized spacial score (nSPS) is 9.00. The number of aromatic nitrogens is 2. The summed E-state index contributed by atoms with van der Waals surface area (Å²) in [5, 5.41) is 23.4. The van der Waals surface area contributed by atoms with Gasteiger partial charge >= 0.3 is 0 Å². The lowest BCUT2D eigenvalue weighted by atomic mass is 10.2. The van der Waals surface area contributed by atoms with E-state index in [1.807, 2.05) is 0 Å². The predicted octanol–water partition coefficient (Wildman–Crippen LogP) is 1.54. The van der Waals surface area contributed by atoms with E-state index < -0.39 is 0 Å². The van der Waals surface area contributed by atoms with Crippen LogP contribution in [0.15, 0.2) is 48.1 Å². The molecule has 1 amide bonds. The third-order valence-electron chi connectivity index (χ3n) is 2.47. The highest BCUT2D eigenvalue weighted by molar-refractivity contribution is 6.10. The maximum absolute atomic E-state index is 12.0. The molecule has 0 saturated carbocycles. The molecule has 2 N–H and O–H groups in total. The second-order valence-electron chi connectivity index (χ2n) is 3.95. The number of hydrazone groups is 1. The maximum atomic E-state index is 12.0. The molecule has 8 heteroatoms. The van der Waals surface area contributed by atoms with Gasteiger partial charge in [0.15, 0.2) is 0 Å². The molecular weight excluding hydrogens is 282 g/mol. The van der Waals surface area contributed by atoms with Gasteiger partial charge in [-0.15, -0.1) is 0 Å². The van der Waals surface area contributed by atoms with E-state index in [0.29, 0.717) is 16.9 Å². The average Bonchev–Trinajstić information content (AvgIpc) is 2.57. The van der Waals surface area contributed by atoms with Crippen molar-refractivity contribution in [2.24, 2.45) is 5.10 Å². The molecule has 22 heavy (non-hydrogen) atoms. The Hall–Kier alpha value is -3.78. The summed E-state index contributed by atoms with van der Waals surface area (Å²) in [5.41, 5.74) is 3.73. The molecule has 2 rings (SSSR count). The van der Waals surface area contributed by atoms with Crippen molar-refractivity contribution in [3.8, 4) is 12.1 Å². The summed E-state index contributed by atoms with van der Waals surface area (Å²) in [7, 11) is 0. The molecule has 1 aromatic carbocycles. The zero-order valence-electron chi connectivity index (χ0n) is 11.2. The topological polar surface area (TPSA) is 127 Å². The van der Waals surface area contributed by atoms with E-state index in [9.17, 15) is 4.79 Å². The van der Waals surface area contributed by atoms with Gasteiger partial charge in [-0.3, -0.25) is 10.2 Å². The molecule has 0 saturated heterocycles. The van der Waals surface area contributed by atoms with Crippen LogP contribution in [0.1, 0.15) is 10.4 Å². The molecule has 0 aliphatic rings. The van der Waals surface area contributed by atoms with Gasteiger partial charge in [-0.05, 0) is 24.3 Å². The van der Waals surface area contributed by atoms with Gasteiger partial charge < -0.3 is 5.32 Å². The Morgan fingerprint density at radius 1 is 1.05 bits per heavy atom. The number of anilines is 2. The van der Waals surface area contributed by atoms with Crippen molar-refractivity contribution in [1.29, 1.82) is 10.5 Å². The number of hydrogen-bond acceptors (Lipinski definition) is 7. The van der Waals surface area contributed by atoms with Gasteiger partial charge in [0.25, 0.3) is 5.91 Å². The van der Waals surface area contributed by atoms with Gasteiger partial charge in [-0.1, -0.05) is 0 Å². The smallest absolute Gasteiger partial charge is 0.255 e. The number of nitrogens with zero attached hydrogens (tertiary/aromatic N) is 5. The van der Waals surface area contributed by atoms with E-state index in [1.165, 1.54) is 18.7 Å². The zero-order valence-corrected chi connectivity index (χ0v) is 11.2. The lowest BCUT2D eigenvalue weighted by Gasteiger charge is -2.05. The van der Waals surface area contributed by atoms with Gasteiger partial charge in [0, 0.05) is 5.56 Å². The first-order chi connectivity index (χ1) is 10.7. The molecule has 0 radical (unpaired) electrons. The Labute approximate surface area is 125 Å². The quantitative estimate of drug-likeness (QED) is 0.649. The minimum atomic E-state index is -0.306. The molecule has 1 heterocycles. The summed E-state index contributed by atoms with van der Waals surface area (Å²) in [6.45, 7) is 0. The highest BCUT2D eigenvalue weighted by atomic mass is 16.1. The molecule has 0 atom stereocenters. The number of amides is 1. The van der Waals surface area contributed by atoms with Crippen molar-refractivity contribution < 1.29 is 4.79 Å². The minimum Gasteiger partial charge on any atom is -0.319 e. The van der Waals surface area contributed by atoms with Crippen LogP contribution in [0.5, 0.6) is 0 Å². The van der Waals surface area contributed by atoms with E-state index in [0.717, 1.165) is 0 Å². The lowest BCUT2D eigenvalue weighted by Crippen LogP contribution is -2.12. The first kappa shape index (κ1) is 14.6. The predicted molar refractivity (Wildman–Crippen MR) is 78.7 cm³/mol. The molecular formula is C14H9N7O. The number of carbonyl (C=O) groups excluding carboxylic acids is 1. The van der Waals surface area contributed by atoms with Crippen LogP contribution in [-0.2, 0) is 0 Å². The van der Waals surface area contributed by atoms with E-state index in [2.05, 4.69) is 25.8 Å². The largest absolute Gasteiger partial charge is 0.319 e. The highest BCUT2D eigenvalue weighted by Crippen LogP contribution is 2.11. The van der Waals surface area contributed by atoms with Gasteiger partial charge in [0.05, 0.1) is 23.8 Å². The fourth-order valence-electron chi connectivity index (χ4n) is 1.46. The van der Waals surface area contributed by atoms with Crippen LogP contribution < -0.4 is 10.7 Å². The summed E-state index contributed by atoms with van der Waals surface area (Å²) in [4.78, 5) is 19.6. The third-order valence-corrected chi connectivity index (χ3v) is 2.47. The number of hydrogen-bond donors (Lipinski definition) is 2. The van der Waals surface area contributed by atoms with Crippen LogP contribution in [0.4, 0.5) is 11.4 Å². The van der Waals surface area contributed by atoms with Gasteiger partial charge in [-0.2, -0.15) is 15.6 Å². The lowest BCUT2D eigenvalue weighted by molar-refractivity contribution is 0.102. The summed E-state index contributed by atoms with van der Waals surface area (Å²) >= 11 is 0. The maximum Gasteiger partial charge on any atom is 0.255 e. The van der Waals surface area contributed by atoms with Crippen molar-refractivity contribution in [3.63, 3.8) is 0 Å². The van der Waals surface area contributed by atoms with Gasteiger partial charge in [0.2, 0.25) is 5.71 Å². The SMILES string of the molecule is N#CC(C#N)=NNc1ccc(C(=O)Nc2cncnc2)cc1. The van der Waals surface area contributed by atoms with Crippen molar-refractivity contribution in [2.45, 2.75) is 0 Å². The Bertz CT molecular complexity index is 754. The molecule has 0 fully saturated rings. The van der Waals surface area contributed by atoms with E-state index in [1.54, 1.807) is 36.4 Å². The summed E-state index contributed by atoms with van der Waals surface area (Å²) in [6, 6.07) is 9.62. The molecule has 106 valence electrons. The van der Waals surface area contributed by atoms with Gasteiger partial charge in [0.1, 0.15) is 18.5 Å². The summed E-state index contributed by atoms with van der Waals surface area (Å²) in [6.07, 6.45) is 4.34. The number of nitrogens with one attached hydrogen (secondary N) is 2. The van der Waals surface area contributed by atoms with Crippen LogP contribution in [0.25, 0.3) is 0 Å². The molecule has 0 aliphatic heterocycles. The zero-order chi connectivity index (χ0) is 15.8. The van der Waals surface area contributed by atoms with E-state index >= 15 is 0 Å². The second-order valence-corrected chi connectivity index (χ2v) is 3.95. The fraction of sp³-hybridized carbons (Fsp3) is 0. The molecule has 8 nitrogen and oxygen atoms in total. The minimum absolute atomic E-state index is 0.286. The first-order valence-corrected chi connectivity index (χ1v) is 6.03. The first-order valence-electron chi connectivity index (χ1n) is 6.03. The number of nitriles is 2. The summed E-state index contributed by atoms with van der Waals surface area (Å²) < 4.78 is 0. The molecule has 0 bridgehead atoms. The molecule has 0 unspecified atom stereocenters. The number of benzene rings is 1. The van der Waals surface area contributed by atoms with Crippen molar-refractivity contribution in [2.75, 3.05) is 10.7 Å². The average molecular weight is 291 g/mol. The third kappa shape index (κ3) is 3.85. The Morgan fingerprint density at radius 2 is 1.68 bits per heavy atom. The van der Waals surface area contributed by atoms with Crippen LogP contribution >= 0.6 is 0 Å². The van der Waals surface area contributed by atoms with Crippen LogP contribution in [0, 0.1) is 22.7 Å². The van der Waals surface area contributed by atoms with E-state index in [4.69, 9.17) is 10.5 Å². The highest BCUT2D eigenvalue weighted by Gasteiger charge is 2.06. The van der Waals surface area contributed by atoms with Crippen molar-refractivity contribution in [1.82, 2.24) is 9.97 Å². The van der Waals surface area contributed by atoms with E-state index in [-0.39, 0.29) is 11.6 Å². The number of rotatable bonds is 4. The second kappa shape index (κ2) is 7.12. The Kier molecular flexibility index (Phi) is 4.74. The Morgan fingerprint density at radius 3 is 2.27 bits per heavy atom. The molecule has 1 aromatic heterocycles. The Balaban J connectivity index is 2.03.